The molecule has 1 N–H and O–H groups in total. The molecule has 2 heterocycles. The van der Waals surface area contributed by atoms with Crippen molar-refractivity contribution in [2.75, 3.05) is 36.4 Å². The van der Waals surface area contributed by atoms with Crippen molar-refractivity contribution in [1.29, 1.82) is 0 Å². The van der Waals surface area contributed by atoms with Gasteiger partial charge >= 0.3 is 0 Å². The van der Waals surface area contributed by atoms with Gasteiger partial charge in [-0.1, -0.05) is 18.2 Å². The minimum atomic E-state index is -0.934. The molecule has 29 heavy (non-hydrogen) atoms. The molecule has 5 nitrogen and oxygen atoms in total. The van der Waals surface area contributed by atoms with Gasteiger partial charge in [-0.25, -0.2) is 8.78 Å². The number of pyridine rings is 1. The van der Waals surface area contributed by atoms with E-state index >= 15 is 0 Å². The maximum atomic E-state index is 13.4. The molecular formula is C22H20F2N4O. The van der Waals surface area contributed by atoms with Crippen LogP contribution in [0.5, 0.6) is 0 Å². The SMILES string of the molecule is O=C(c1cc(Nc2ccc(F)c(F)c2)ccn1)N1CCN(c2ccccc2)CC1. The molecule has 0 spiro atoms. The van der Waals surface area contributed by atoms with Crippen molar-refractivity contribution < 1.29 is 13.6 Å². The summed E-state index contributed by atoms with van der Waals surface area (Å²) in [5.41, 5.74) is 2.43. The van der Waals surface area contributed by atoms with Crippen molar-refractivity contribution >= 4 is 23.0 Å². The number of hydrogen-bond donors (Lipinski definition) is 1. The molecule has 0 saturated carbocycles. The highest BCUT2D eigenvalue weighted by Crippen LogP contribution is 2.21. The molecule has 2 aromatic carbocycles. The Morgan fingerprint density at radius 1 is 0.862 bits per heavy atom. The number of hydrogen-bond acceptors (Lipinski definition) is 4. The molecule has 4 rings (SSSR count). The monoisotopic (exact) mass is 394 g/mol. The summed E-state index contributed by atoms with van der Waals surface area (Å²) in [4.78, 5) is 21.1. The molecule has 0 atom stereocenters. The number of carbonyl (C=O) groups excluding carboxylic acids is 1. The number of aromatic nitrogens is 1. The molecule has 3 aromatic rings. The quantitative estimate of drug-likeness (QED) is 0.725. The van der Waals surface area contributed by atoms with Crippen molar-refractivity contribution in [1.82, 2.24) is 9.88 Å². The van der Waals surface area contributed by atoms with Gasteiger partial charge in [-0.2, -0.15) is 0 Å². The van der Waals surface area contributed by atoms with Crippen molar-refractivity contribution in [3.05, 3.63) is 84.2 Å². The Morgan fingerprint density at radius 3 is 2.31 bits per heavy atom. The van der Waals surface area contributed by atoms with Crippen LogP contribution in [0.1, 0.15) is 10.5 Å². The summed E-state index contributed by atoms with van der Waals surface area (Å²) in [7, 11) is 0. The largest absolute Gasteiger partial charge is 0.368 e. The maximum Gasteiger partial charge on any atom is 0.272 e. The molecule has 1 aliphatic heterocycles. The van der Waals surface area contributed by atoms with E-state index in [2.05, 4.69) is 27.3 Å². The maximum absolute atomic E-state index is 13.4. The Hall–Kier alpha value is -3.48. The number of piperazine rings is 1. The molecule has 148 valence electrons. The second-order valence-electron chi connectivity index (χ2n) is 6.80. The number of nitrogens with zero attached hydrogens (tertiary/aromatic N) is 3. The summed E-state index contributed by atoms with van der Waals surface area (Å²) >= 11 is 0. The smallest absolute Gasteiger partial charge is 0.272 e. The number of halogens is 2. The topological polar surface area (TPSA) is 48.5 Å². The lowest BCUT2D eigenvalue weighted by molar-refractivity contribution is 0.0741. The molecule has 0 aliphatic carbocycles. The lowest BCUT2D eigenvalue weighted by Gasteiger charge is -2.36. The van der Waals surface area contributed by atoms with Gasteiger partial charge in [0.1, 0.15) is 5.69 Å². The van der Waals surface area contributed by atoms with E-state index in [4.69, 9.17) is 0 Å². The standard InChI is InChI=1S/C22H20F2N4O/c23-19-7-6-16(14-20(19)24)26-17-8-9-25-21(15-17)22(29)28-12-10-27(11-13-28)18-4-2-1-3-5-18/h1-9,14-15H,10-13H2,(H,25,26). The van der Waals surface area contributed by atoms with Crippen LogP contribution in [-0.2, 0) is 0 Å². The highest BCUT2D eigenvalue weighted by Gasteiger charge is 2.23. The first kappa shape index (κ1) is 18.9. The molecule has 1 aliphatic rings. The number of nitrogens with one attached hydrogen (secondary N) is 1. The van der Waals surface area contributed by atoms with Crippen molar-refractivity contribution in [3.8, 4) is 0 Å². The summed E-state index contributed by atoms with van der Waals surface area (Å²) in [5.74, 6) is -1.99. The first-order chi connectivity index (χ1) is 14.1. The highest BCUT2D eigenvalue weighted by atomic mass is 19.2. The zero-order chi connectivity index (χ0) is 20.2. The summed E-state index contributed by atoms with van der Waals surface area (Å²) in [6.45, 7) is 2.72. The zero-order valence-corrected chi connectivity index (χ0v) is 15.7. The lowest BCUT2D eigenvalue weighted by Crippen LogP contribution is -2.49. The van der Waals surface area contributed by atoms with Crippen LogP contribution in [0.25, 0.3) is 0 Å². The molecule has 0 radical (unpaired) electrons. The molecule has 7 heteroatoms. The minimum absolute atomic E-state index is 0.147. The van der Waals surface area contributed by atoms with Crippen LogP contribution in [0.4, 0.5) is 25.8 Å². The fraction of sp³-hybridized carbons (Fsp3) is 0.182. The van der Waals surface area contributed by atoms with Gasteiger partial charge in [0.05, 0.1) is 0 Å². The van der Waals surface area contributed by atoms with Crippen LogP contribution in [-0.4, -0.2) is 42.0 Å². The van der Waals surface area contributed by atoms with Crippen molar-refractivity contribution in [3.63, 3.8) is 0 Å². The van der Waals surface area contributed by atoms with E-state index in [-0.39, 0.29) is 5.91 Å². The summed E-state index contributed by atoms with van der Waals surface area (Å²) in [5, 5.41) is 2.97. The van der Waals surface area contributed by atoms with Crippen LogP contribution in [0, 0.1) is 11.6 Å². The van der Waals surface area contributed by atoms with E-state index in [1.54, 1.807) is 17.0 Å². The predicted octanol–water partition coefficient (Wildman–Crippen LogP) is 4.07. The number of rotatable bonds is 4. The Labute approximate surface area is 167 Å². The summed E-state index contributed by atoms with van der Waals surface area (Å²) in [6.07, 6.45) is 1.52. The van der Waals surface area contributed by atoms with Crippen LogP contribution in [0.2, 0.25) is 0 Å². The number of anilines is 3. The van der Waals surface area contributed by atoms with Gasteiger partial charge in [0.2, 0.25) is 0 Å². The van der Waals surface area contributed by atoms with Crippen LogP contribution in [0.15, 0.2) is 66.9 Å². The highest BCUT2D eigenvalue weighted by molar-refractivity contribution is 5.93. The van der Waals surface area contributed by atoms with Gasteiger partial charge in [-0.05, 0) is 36.4 Å². The van der Waals surface area contributed by atoms with E-state index in [1.165, 1.54) is 12.3 Å². The first-order valence-electron chi connectivity index (χ1n) is 9.37. The summed E-state index contributed by atoms with van der Waals surface area (Å²) in [6, 6.07) is 17.0. The first-order valence-corrected chi connectivity index (χ1v) is 9.37. The van der Waals surface area contributed by atoms with E-state index in [0.29, 0.717) is 30.2 Å². The lowest BCUT2D eigenvalue weighted by atomic mass is 10.2. The number of para-hydroxylation sites is 1. The third-order valence-electron chi connectivity index (χ3n) is 4.88. The molecule has 1 fully saturated rings. The second kappa shape index (κ2) is 8.26. The predicted molar refractivity (Wildman–Crippen MR) is 108 cm³/mol. The van der Waals surface area contributed by atoms with Crippen LogP contribution in [0.3, 0.4) is 0 Å². The average molecular weight is 394 g/mol. The fourth-order valence-corrected chi connectivity index (χ4v) is 3.33. The molecule has 1 amide bonds. The average Bonchev–Trinajstić information content (AvgIpc) is 2.77. The van der Waals surface area contributed by atoms with Crippen molar-refractivity contribution in [2.45, 2.75) is 0 Å². The van der Waals surface area contributed by atoms with E-state index in [9.17, 15) is 13.6 Å². The minimum Gasteiger partial charge on any atom is -0.368 e. The van der Waals surface area contributed by atoms with Gasteiger partial charge in [0.15, 0.2) is 11.6 Å². The van der Waals surface area contributed by atoms with Gasteiger partial charge < -0.3 is 15.1 Å². The molecule has 1 saturated heterocycles. The van der Waals surface area contributed by atoms with Gasteiger partial charge in [0.25, 0.3) is 5.91 Å². The summed E-state index contributed by atoms with van der Waals surface area (Å²) < 4.78 is 26.5. The van der Waals surface area contributed by atoms with Gasteiger partial charge in [-0.3, -0.25) is 9.78 Å². The molecule has 0 bridgehead atoms. The Morgan fingerprint density at radius 2 is 1.59 bits per heavy atom. The van der Waals surface area contributed by atoms with Crippen LogP contribution >= 0.6 is 0 Å². The zero-order valence-electron chi connectivity index (χ0n) is 15.7. The molecule has 0 unspecified atom stereocenters. The van der Waals surface area contributed by atoms with E-state index in [1.807, 2.05) is 18.2 Å². The third-order valence-corrected chi connectivity index (χ3v) is 4.88. The van der Waals surface area contributed by atoms with Crippen LogP contribution < -0.4 is 10.2 Å². The normalized spacial score (nSPS) is 14.0. The Bertz CT molecular complexity index is 1000. The Kier molecular flexibility index (Phi) is 5.37. The number of benzene rings is 2. The number of carbonyl (C=O) groups is 1. The van der Waals surface area contributed by atoms with Gasteiger partial charge in [0, 0.05) is 55.5 Å². The number of amides is 1. The second-order valence-corrected chi connectivity index (χ2v) is 6.80. The molecule has 1 aromatic heterocycles. The van der Waals surface area contributed by atoms with Gasteiger partial charge in [-0.15, -0.1) is 0 Å². The van der Waals surface area contributed by atoms with E-state index < -0.39 is 11.6 Å². The van der Waals surface area contributed by atoms with Crippen molar-refractivity contribution in [2.24, 2.45) is 0 Å². The third kappa shape index (κ3) is 4.34. The molecular weight excluding hydrogens is 374 g/mol. The van der Waals surface area contributed by atoms with E-state index in [0.717, 1.165) is 30.9 Å². The fourth-order valence-electron chi connectivity index (χ4n) is 3.33. The Balaban J connectivity index is 1.41.